The van der Waals surface area contributed by atoms with Gasteiger partial charge >= 0.3 is 0 Å². The molecule has 5 heteroatoms. The molecule has 96 valence electrons. The number of rotatable bonds is 2. The first-order valence-corrected chi connectivity index (χ1v) is 6.03. The highest BCUT2D eigenvalue weighted by molar-refractivity contribution is 5.60. The maximum Gasteiger partial charge on any atom is 0.160 e. The lowest BCUT2D eigenvalue weighted by Gasteiger charge is -2.35. The Bertz CT molecular complexity index is 482. The largest absolute Gasteiger partial charge is 0.368 e. The average molecular weight is 251 g/mol. The van der Waals surface area contributed by atoms with Crippen LogP contribution in [0.3, 0.4) is 0 Å². The molecule has 1 N–H and O–H groups in total. The molecule has 1 aromatic rings. The molecule has 18 heavy (non-hydrogen) atoms. The van der Waals surface area contributed by atoms with Crippen LogP contribution in [-0.2, 0) is 0 Å². The summed E-state index contributed by atoms with van der Waals surface area (Å²) in [7, 11) is 0. The summed E-state index contributed by atoms with van der Waals surface area (Å²) in [4.78, 5) is 1.94. The standard InChI is InChI=1S/C13H15F2N3/c1-2-10-8-18(4-3-17-10)13-6-12(15)11(14)5-9(13)7-16/h5-6,10,17H,2-4,8H2,1H3/t10-/m0/s1. The minimum absolute atomic E-state index is 0.186. The normalized spacial score (nSPS) is 19.7. The summed E-state index contributed by atoms with van der Waals surface area (Å²) in [5, 5.41) is 12.3. The minimum Gasteiger partial charge on any atom is -0.368 e. The zero-order chi connectivity index (χ0) is 13.1. The third-order valence-corrected chi connectivity index (χ3v) is 3.25. The number of anilines is 1. The van der Waals surface area contributed by atoms with Gasteiger partial charge < -0.3 is 10.2 Å². The minimum atomic E-state index is -0.975. The highest BCUT2D eigenvalue weighted by Gasteiger charge is 2.21. The van der Waals surface area contributed by atoms with Crippen molar-refractivity contribution in [3.8, 4) is 6.07 Å². The van der Waals surface area contributed by atoms with E-state index in [9.17, 15) is 8.78 Å². The van der Waals surface area contributed by atoms with E-state index < -0.39 is 11.6 Å². The van der Waals surface area contributed by atoms with Gasteiger partial charge in [0.1, 0.15) is 6.07 Å². The van der Waals surface area contributed by atoms with Crippen molar-refractivity contribution in [2.75, 3.05) is 24.5 Å². The number of nitrogens with zero attached hydrogens (tertiary/aromatic N) is 2. The van der Waals surface area contributed by atoms with E-state index in [0.717, 1.165) is 25.1 Å². The Labute approximate surface area is 105 Å². The topological polar surface area (TPSA) is 39.1 Å². The highest BCUT2D eigenvalue weighted by Crippen LogP contribution is 2.24. The maximum atomic E-state index is 13.3. The second kappa shape index (κ2) is 5.32. The van der Waals surface area contributed by atoms with E-state index in [4.69, 9.17) is 5.26 Å². The molecule has 0 aliphatic carbocycles. The molecule has 0 amide bonds. The first-order valence-electron chi connectivity index (χ1n) is 6.03. The van der Waals surface area contributed by atoms with Crippen molar-refractivity contribution in [3.63, 3.8) is 0 Å². The Morgan fingerprint density at radius 3 is 2.83 bits per heavy atom. The quantitative estimate of drug-likeness (QED) is 0.874. The van der Waals surface area contributed by atoms with E-state index in [1.807, 2.05) is 11.0 Å². The zero-order valence-electron chi connectivity index (χ0n) is 10.2. The van der Waals surface area contributed by atoms with Crippen LogP contribution in [0.4, 0.5) is 14.5 Å². The maximum absolute atomic E-state index is 13.3. The van der Waals surface area contributed by atoms with Gasteiger partial charge in [0.05, 0.1) is 11.3 Å². The summed E-state index contributed by atoms with van der Waals surface area (Å²) in [5.74, 6) is -1.88. The van der Waals surface area contributed by atoms with Gasteiger partial charge in [-0.2, -0.15) is 5.26 Å². The molecule has 1 atom stereocenters. The van der Waals surface area contributed by atoms with E-state index in [2.05, 4.69) is 12.2 Å². The molecule has 1 aromatic carbocycles. The van der Waals surface area contributed by atoms with Crippen LogP contribution < -0.4 is 10.2 Å². The van der Waals surface area contributed by atoms with Crippen LogP contribution in [0.25, 0.3) is 0 Å². The SMILES string of the molecule is CC[C@H]1CN(c2cc(F)c(F)cc2C#N)CCN1. The number of piperazine rings is 1. The summed E-state index contributed by atoms with van der Waals surface area (Å²) in [6.07, 6.45) is 0.960. The summed E-state index contributed by atoms with van der Waals surface area (Å²) in [6.45, 7) is 4.24. The molecule has 0 radical (unpaired) electrons. The molecular weight excluding hydrogens is 236 g/mol. The fourth-order valence-corrected chi connectivity index (χ4v) is 2.21. The van der Waals surface area contributed by atoms with Crippen LogP contribution in [0.15, 0.2) is 12.1 Å². The highest BCUT2D eigenvalue weighted by atomic mass is 19.2. The molecule has 3 nitrogen and oxygen atoms in total. The molecule has 2 rings (SSSR count). The second-order valence-electron chi connectivity index (χ2n) is 4.40. The zero-order valence-corrected chi connectivity index (χ0v) is 10.2. The van der Waals surface area contributed by atoms with Crippen molar-refractivity contribution in [2.24, 2.45) is 0 Å². The Hall–Kier alpha value is -1.67. The number of nitriles is 1. The smallest absolute Gasteiger partial charge is 0.160 e. The van der Waals surface area contributed by atoms with Crippen molar-refractivity contribution >= 4 is 5.69 Å². The Balaban J connectivity index is 2.32. The van der Waals surface area contributed by atoms with Gasteiger partial charge in [0.25, 0.3) is 0 Å². The van der Waals surface area contributed by atoms with Crippen molar-refractivity contribution in [3.05, 3.63) is 29.3 Å². The Kier molecular flexibility index (Phi) is 3.78. The number of halogens is 2. The summed E-state index contributed by atoms with van der Waals surface area (Å²) < 4.78 is 26.4. The number of nitrogens with one attached hydrogen (secondary N) is 1. The van der Waals surface area contributed by atoms with Crippen LogP contribution in [0.1, 0.15) is 18.9 Å². The molecular formula is C13H15F2N3. The van der Waals surface area contributed by atoms with Crippen molar-refractivity contribution in [2.45, 2.75) is 19.4 Å². The Morgan fingerprint density at radius 2 is 2.17 bits per heavy atom. The van der Waals surface area contributed by atoms with Crippen LogP contribution in [0.2, 0.25) is 0 Å². The van der Waals surface area contributed by atoms with Gasteiger partial charge in [-0.15, -0.1) is 0 Å². The average Bonchev–Trinajstić information content (AvgIpc) is 2.41. The van der Waals surface area contributed by atoms with E-state index >= 15 is 0 Å². The molecule has 0 saturated carbocycles. The summed E-state index contributed by atoms with van der Waals surface area (Å²) in [5.41, 5.74) is 0.669. The van der Waals surface area contributed by atoms with Crippen LogP contribution in [0.5, 0.6) is 0 Å². The van der Waals surface area contributed by atoms with Crippen molar-refractivity contribution in [1.29, 1.82) is 5.26 Å². The lowest BCUT2D eigenvalue weighted by Crippen LogP contribution is -2.50. The van der Waals surface area contributed by atoms with Gasteiger partial charge in [0.15, 0.2) is 11.6 Å². The lowest BCUT2D eigenvalue weighted by molar-refractivity contribution is 0.445. The molecule has 0 aromatic heterocycles. The number of benzene rings is 1. The van der Waals surface area contributed by atoms with Gasteiger partial charge in [-0.1, -0.05) is 6.92 Å². The molecule has 0 spiro atoms. The lowest BCUT2D eigenvalue weighted by atomic mass is 10.1. The van der Waals surface area contributed by atoms with E-state index in [0.29, 0.717) is 24.8 Å². The third-order valence-electron chi connectivity index (χ3n) is 3.25. The second-order valence-corrected chi connectivity index (χ2v) is 4.40. The van der Waals surface area contributed by atoms with Crippen LogP contribution in [-0.4, -0.2) is 25.7 Å². The third kappa shape index (κ3) is 2.44. The fourth-order valence-electron chi connectivity index (χ4n) is 2.21. The van der Waals surface area contributed by atoms with E-state index in [1.165, 1.54) is 0 Å². The monoisotopic (exact) mass is 251 g/mol. The number of hydrogen-bond donors (Lipinski definition) is 1. The van der Waals surface area contributed by atoms with Gasteiger partial charge in [0.2, 0.25) is 0 Å². The summed E-state index contributed by atoms with van der Waals surface area (Å²) >= 11 is 0. The molecule has 1 heterocycles. The molecule has 1 fully saturated rings. The first-order chi connectivity index (χ1) is 8.65. The Morgan fingerprint density at radius 1 is 1.44 bits per heavy atom. The molecule has 1 aliphatic heterocycles. The van der Waals surface area contributed by atoms with Gasteiger partial charge in [-0.25, -0.2) is 8.78 Å². The molecule has 0 unspecified atom stereocenters. The molecule has 1 saturated heterocycles. The first kappa shape index (κ1) is 12.8. The van der Waals surface area contributed by atoms with E-state index in [-0.39, 0.29) is 5.56 Å². The van der Waals surface area contributed by atoms with Crippen molar-refractivity contribution in [1.82, 2.24) is 5.32 Å². The van der Waals surface area contributed by atoms with Gasteiger partial charge in [-0.05, 0) is 12.5 Å². The summed E-state index contributed by atoms with van der Waals surface area (Å²) in [6, 6.07) is 4.33. The molecule has 0 bridgehead atoms. The molecule has 1 aliphatic rings. The van der Waals surface area contributed by atoms with Gasteiger partial charge in [0, 0.05) is 31.7 Å². The van der Waals surface area contributed by atoms with Crippen LogP contribution >= 0.6 is 0 Å². The van der Waals surface area contributed by atoms with Crippen LogP contribution in [0, 0.1) is 23.0 Å². The van der Waals surface area contributed by atoms with Gasteiger partial charge in [-0.3, -0.25) is 0 Å². The van der Waals surface area contributed by atoms with E-state index in [1.54, 1.807) is 0 Å². The predicted octanol–water partition coefficient (Wildman–Crippen LogP) is 2.02. The number of hydrogen-bond acceptors (Lipinski definition) is 3. The fraction of sp³-hybridized carbons (Fsp3) is 0.462. The van der Waals surface area contributed by atoms with Crippen molar-refractivity contribution < 1.29 is 8.78 Å². The predicted molar refractivity (Wildman–Crippen MR) is 65.4 cm³/mol.